The first-order chi connectivity index (χ1) is 14.7. The van der Waals surface area contributed by atoms with Crippen molar-refractivity contribution in [2.75, 3.05) is 31.6 Å². The van der Waals surface area contributed by atoms with Crippen molar-refractivity contribution in [1.29, 1.82) is 0 Å². The molecule has 3 aromatic rings. The molecule has 1 fully saturated rings. The van der Waals surface area contributed by atoms with Crippen molar-refractivity contribution in [1.82, 2.24) is 14.5 Å². The standard InChI is InChI=1S/C22H22N4O4/c27-21-17-3-1-2-4-18(17)23-14-26(21)16-7-9-25(10-8-16)22(28)24-15-5-6-19-20(13-15)30-12-11-29-19/h1-6,13-14,16H,7-12H2,(H,24,28). The van der Waals surface area contributed by atoms with Crippen LogP contribution in [0.2, 0.25) is 0 Å². The molecule has 2 amide bonds. The molecular weight excluding hydrogens is 384 g/mol. The zero-order chi connectivity index (χ0) is 20.5. The highest BCUT2D eigenvalue weighted by molar-refractivity contribution is 5.89. The van der Waals surface area contributed by atoms with E-state index in [-0.39, 0.29) is 17.6 Å². The highest BCUT2D eigenvalue weighted by Gasteiger charge is 2.25. The SMILES string of the molecule is O=C(Nc1ccc2c(c1)OCCO2)N1CCC(n2cnc3ccccc3c2=O)CC1. The Hall–Kier alpha value is -3.55. The number of fused-ring (bicyclic) bond motifs is 2. The number of carbonyl (C=O) groups is 1. The fraction of sp³-hybridized carbons (Fsp3) is 0.318. The van der Waals surface area contributed by atoms with Crippen LogP contribution in [-0.2, 0) is 0 Å². The van der Waals surface area contributed by atoms with Crippen molar-refractivity contribution >= 4 is 22.6 Å². The zero-order valence-electron chi connectivity index (χ0n) is 16.4. The van der Waals surface area contributed by atoms with E-state index in [4.69, 9.17) is 9.47 Å². The second kappa shape index (κ2) is 7.70. The number of hydrogen-bond donors (Lipinski definition) is 1. The first-order valence-electron chi connectivity index (χ1n) is 10.1. The van der Waals surface area contributed by atoms with Gasteiger partial charge in [0.15, 0.2) is 11.5 Å². The Labute approximate surface area is 173 Å². The molecule has 154 valence electrons. The number of anilines is 1. The summed E-state index contributed by atoms with van der Waals surface area (Å²) < 4.78 is 12.8. The molecule has 8 heteroatoms. The van der Waals surface area contributed by atoms with E-state index in [2.05, 4.69) is 10.3 Å². The van der Waals surface area contributed by atoms with Crippen LogP contribution in [-0.4, -0.2) is 46.8 Å². The minimum Gasteiger partial charge on any atom is -0.486 e. The van der Waals surface area contributed by atoms with Crippen LogP contribution < -0.4 is 20.3 Å². The molecule has 30 heavy (non-hydrogen) atoms. The quantitative estimate of drug-likeness (QED) is 0.707. The van der Waals surface area contributed by atoms with Crippen LogP contribution in [0.25, 0.3) is 10.9 Å². The van der Waals surface area contributed by atoms with Gasteiger partial charge < -0.3 is 19.7 Å². The summed E-state index contributed by atoms with van der Waals surface area (Å²) in [5, 5.41) is 3.55. The van der Waals surface area contributed by atoms with Gasteiger partial charge in [-0.3, -0.25) is 9.36 Å². The summed E-state index contributed by atoms with van der Waals surface area (Å²) in [6, 6.07) is 12.6. The summed E-state index contributed by atoms with van der Waals surface area (Å²) in [5.74, 6) is 1.33. The average molecular weight is 406 g/mol. The van der Waals surface area contributed by atoms with E-state index in [1.54, 1.807) is 40.1 Å². The number of rotatable bonds is 2. The van der Waals surface area contributed by atoms with E-state index in [0.29, 0.717) is 67.2 Å². The Morgan fingerprint density at radius 1 is 1.03 bits per heavy atom. The number of piperidine rings is 1. The monoisotopic (exact) mass is 406 g/mol. The van der Waals surface area contributed by atoms with Gasteiger partial charge in [-0.25, -0.2) is 9.78 Å². The number of carbonyl (C=O) groups excluding carboxylic acids is 1. The number of hydrogen-bond acceptors (Lipinski definition) is 5. The topological polar surface area (TPSA) is 85.7 Å². The molecule has 0 radical (unpaired) electrons. The molecule has 2 aromatic carbocycles. The van der Waals surface area contributed by atoms with Gasteiger partial charge in [-0.2, -0.15) is 0 Å². The predicted molar refractivity (Wildman–Crippen MR) is 112 cm³/mol. The largest absolute Gasteiger partial charge is 0.486 e. The Bertz CT molecular complexity index is 1150. The number of benzene rings is 2. The second-order valence-corrected chi connectivity index (χ2v) is 7.48. The smallest absolute Gasteiger partial charge is 0.321 e. The summed E-state index contributed by atoms with van der Waals surface area (Å²) in [7, 11) is 0. The number of para-hydroxylation sites is 1. The number of aromatic nitrogens is 2. The molecule has 0 unspecified atom stereocenters. The lowest BCUT2D eigenvalue weighted by atomic mass is 10.0. The number of nitrogens with one attached hydrogen (secondary N) is 1. The van der Waals surface area contributed by atoms with Crippen molar-refractivity contribution in [3.8, 4) is 11.5 Å². The van der Waals surface area contributed by atoms with Crippen molar-refractivity contribution in [3.63, 3.8) is 0 Å². The van der Waals surface area contributed by atoms with Crippen LogP contribution >= 0.6 is 0 Å². The number of ether oxygens (including phenoxy) is 2. The molecule has 5 rings (SSSR count). The molecule has 0 saturated carbocycles. The highest BCUT2D eigenvalue weighted by atomic mass is 16.6. The maximum Gasteiger partial charge on any atom is 0.321 e. The van der Waals surface area contributed by atoms with E-state index < -0.39 is 0 Å². The van der Waals surface area contributed by atoms with Crippen LogP contribution in [0.3, 0.4) is 0 Å². The van der Waals surface area contributed by atoms with E-state index in [1.807, 2.05) is 18.2 Å². The number of nitrogens with zero attached hydrogens (tertiary/aromatic N) is 3. The second-order valence-electron chi connectivity index (χ2n) is 7.48. The fourth-order valence-corrected chi connectivity index (χ4v) is 4.01. The van der Waals surface area contributed by atoms with Crippen LogP contribution in [0, 0.1) is 0 Å². The third-order valence-corrected chi connectivity index (χ3v) is 5.63. The molecule has 1 N–H and O–H groups in total. The average Bonchev–Trinajstić information content (AvgIpc) is 2.79. The predicted octanol–water partition coefficient (Wildman–Crippen LogP) is 3.04. The summed E-state index contributed by atoms with van der Waals surface area (Å²) >= 11 is 0. The van der Waals surface area contributed by atoms with Gasteiger partial charge in [0, 0.05) is 30.9 Å². The molecule has 2 aliphatic rings. The Balaban J connectivity index is 1.24. The van der Waals surface area contributed by atoms with Gasteiger partial charge in [0.05, 0.1) is 17.2 Å². The minimum atomic E-state index is -0.158. The first-order valence-corrected chi connectivity index (χ1v) is 10.1. The summed E-state index contributed by atoms with van der Waals surface area (Å²) in [5.41, 5.74) is 1.34. The van der Waals surface area contributed by atoms with Crippen molar-refractivity contribution in [2.45, 2.75) is 18.9 Å². The maximum absolute atomic E-state index is 12.8. The normalized spacial score (nSPS) is 16.5. The summed E-state index contributed by atoms with van der Waals surface area (Å²) in [6.07, 6.45) is 3.03. The van der Waals surface area contributed by atoms with Crippen LogP contribution in [0.4, 0.5) is 10.5 Å². The molecule has 8 nitrogen and oxygen atoms in total. The van der Waals surface area contributed by atoms with Gasteiger partial charge in [0.2, 0.25) is 0 Å². The maximum atomic E-state index is 12.8. The summed E-state index contributed by atoms with van der Waals surface area (Å²) in [4.78, 5) is 31.7. The molecule has 1 aromatic heterocycles. The van der Waals surface area contributed by atoms with Gasteiger partial charge in [-0.1, -0.05) is 12.1 Å². The van der Waals surface area contributed by atoms with Crippen LogP contribution in [0.15, 0.2) is 53.6 Å². The lowest BCUT2D eigenvalue weighted by molar-refractivity contribution is 0.171. The van der Waals surface area contributed by atoms with E-state index in [0.717, 1.165) is 0 Å². The lowest BCUT2D eigenvalue weighted by Gasteiger charge is -2.32. The number of amides is 2. The molecule has 0 atom stereocenters. The van der Waals surface area contributed by atoms with E-state index >= 15 is 0 Å². The zero-order valence-corrected chi connectivity index (χ0v) is 16.4. The fourth-order valence-electron chi connectivity index (χ4n) is 4.01. The number of likely N-dealkylation sites (tertiary alicyclic amines) is 1. The molecule has 0 spiro atoms. The Morgan fingerprint density at radius 2 is 1.80 bits per heavy atom. The minimum absolute atomic E-state index is 0.0280. The van der Waals surface area contributed by atoms with Gasteiger partial charge >= 0.3 is 6.03 Å². The van der Waals surface area contributed by atoms with Gasteiger partial charge in [-0.05, 0) is 37.1 Å². The molecule has 1 saturated heterocycles. The Kier molecular flexibility index (Phi) is 4.74. The number of urea groups is 1. The van der Waals surface area contributed by atoms with Crippen molar-refractivity contribution in [3.05, 3.63) is 59.1 Å². The molecule has 2 aliphatic heterocycles. The molecule has 0 aliphatic carbocycles. The third-order valence-electron chi connectivity index (χ3n) is 5.63. The van der Waals surface area contributed by atoms with E-state index in [1.165, 1.54) is 0 Å². The first kappa shape index (κ1) is 18.5. The van der Waals surface area contributed by atoms with Gasteiger partial charge in [0.1, 0.15) is 13.2 Å². The van der Waals surface area contributed by atoms with E-state index in [9.17, 15) is 9.59 Å². The molecule has 0 bridgehead atoms. The summed E-state index contributed by atoms with van der Waals surface area (Å²) in [6.45, 7) is 2.17. The van der Waals surface area contributed by atoms with Crippen LogP contribution in [0.5, 0.6) is 11.5 Å². The van der Waals surface area contributed by atoms with Crippen LogP contribution in [0.1, 0.15) is 18.9 Å². The third kappa shape index (κ3) is 3.45. The molecular formula is C22H22N4O4. The molecule has 3 heterocycles. The lowest BCUT2D eigenvalue weighted by Crippen LogP contribution is -2.42. The Morgan fingerprint density at radius 3 is 2.63 bits per heavy atom. The van der Waals surface area contributed by atoms with Gasteiger partial charge in [-0.15, -0.1) is 0 Å². The van der Waals surface area contributed by atoms with Crippen molar-refractivity contribution in [2.24, 2.45) is 0 Å². The van der Waals surface area contributed by atoms with Crippen molar-refractivity contribution < 1.29 is 14.3 Å². The van der Waals surface area contributed by atoms with Gasteiger partial charge in [0.25, 0.3) is 5.56 Å². The highest BCUT2D eigenvalue weighted by Crippen LogP contribution is 2.32.